The smallest absolute Gasteiger partial charge is 0.251 e. The summed E-state index contributed by atoms with van der Waals surface area (Å²) in [6.07, 6.45) is 1.04. The zero-order chi connectivity index (χ0) is 14.8. The predicted molar refractivity (Wildman–Crippen MR) is 96.3 cm³/mol. The number of fused-ring (bicyclic) bond motifs is 1. The highest BCUT2D eigenvalue weighted by atomic mass is 79.9. The Balaban J connectivity index is 0.00000176. The van der Waals surface area contributed by atoms with E-state index in [1.165, 1.54) is 11.3 Å². The van der Waals surface area contributed by atoms with Gasteiger partial charge in [0.05, 0.1) is 6.04 Å². The van der Waals surface area contributed by atoms with E-state index in [1.807, 2.05) is 6.92 Å². The number of benzene rings is 2. The maximum Gasteiger partial charge on any atom is 0.251 e. The summed E-state index contributed by atoms with van der Waals surface area (Å²) in [5.41, 5.74) is 4.27. The van der Waals surface area contributed by atoms with Crippen LogP contribution in [-0.2, 0) is 6.42 Å². The average molecular weight is 382 g/mol. The lowest BCUT2D eigenvalue weighted by atomic mass is 10.0. The normalized spacial score (nSPS) is 13.5. The van der Waals surface area contributed by atoms with Gasteiger partial charge in [0.25, 0.3) is 5.91 Å². The van der Waals surface area contributed by atoms with Gasteiger partial charge in [0, 0.05) is 22.8 Å². The third-order valence-corrected chi connectivity index (χ3v) is 4.05. The van der Waals surface area contributed by atoms with Crippen LogP contribution < -0.4 is 10.6 Å². The molecule has 3 nitrogen and oxygen atoms in total. The molecule has 0 radical (unpaired) electrons. The first kappa shape index (κ1) is 16.8. The minimum Gasteiger partial charge on any atom is -0.384 e. The Bertz CT molecular complexity index is 673. The number of carbonyl (C=O) groups is 1. The molecular formula is C17H18BrClN2O. The number of amides is 1. The highest BCUT2D eigenvalue weighted by Crippen LogP contribution is 2.25. The Kier molecular flexibility index (Phi) is 5.48. The van der Waals surface area contributed by atoms with Crippen LogP contribution in [0.2, 0.25) is 5.02 Å². The topological polar surface area (TPSA) is 41.1 Å². The van der Waals surface area contributed by atoms with E-state index in [0.29, 0.717) is 10.6 Å². The second-order valence-electron chi connectivity index (χ2n) is 5.30. The van der Waals surface area contributed by atoms with Crippen molar-refractivity contribution in [3.8, 4) is 0 Å². The van der Waals surface area contributed by atoms with E-state index >= 15 is 0 Å². The highest BCUT2D eigenvalue weighted by molar-refractivity contribution is 8.93. The number of rotatable bonds is 3. The lowest BCUT2D eigenvalue weighted by Crippen LogP contribution is -2.26. The van der Waals surface area contributed by atoms with E-state index in [-0.39, 0.29) is 28.9 Å². The number of hydrogen-bond donors (Lipinski definition) is 2. The summed E-state index contributed by atoms with van der Waals surface area (Å²) in [5.74, 6) is -0.0854. The highest BCUT2D eigenvalue weighted by Gasteiger charge is 2.15. The molecule has 5 heteroatoms. The molecule has 1 amide bonds. The molecule has 2 aromatic rings. The predicted octanol–water partition coefficient (Wildman–Crippen LogP) is 4.38. The molecule has 0 bridgehead atoms. The van der Waals surface area contributed by atoms with Crippen LogP contribution in [0.15, 0.2) is 42.5 Å². The van der Waals surface area contributed by atoms with Crippen LogP contribution in [0.4, 0.5) is 5.69 Å². The minimum atomic E-state index is -0.0854. The van der Waals surface area contributed by atoms with Crippen molar-refractivity contribution < 1.29 is 4.79 Å². The van der Waals surface area contributed by atoms with Gasteiger partial charge in [-0.2, -0.15) is 0 Å². The van der Waals surface area contributed by atoms with E-state index in [1.54, 1.807) is 24.3 Å². The van der Waals surface area contributed by atoms with Gasteiger partial charge in [-0.05, 0) is 54.8 Å². The molecule has 0 aromatic heterocycles. The maximum atomic E-state index is 12.2. The molecule has 116 valence electrons. The van der Waals surface area contributed by atoms with E-state index in [9.17, 15) is 4.79 Å². The Morgan fingerprint density at radius 1 is 1.23 bits per heavy atom. The fourth-order valence-corrected chi connectivity index (χ4v) is 2.68. The Morgan fingerprint density at radius 2 is 1.95 bits per heavy atom. The molecule has 1 heterocycles. The Labute approximate surface area is 145 Å². The standard InChI is InChI=1S/C17H17ClN2O.BrH/c1-11(13-4-7-16-14(10-13)8-9-19-16)20-17(21)12-2-5-15(18)6-3-12;/h2-7,10-11,19H,8-9H2,1H3,(H,20,21);1H/t11-;/m1./s1. The SMILES string of the molecule is Br.C[C@@H](NC(=O)c1ccc(Cl)cc1)c1ccc2c(c1)CCN2. The van der Waals surface area contributed by atoms with E-state index in [4.69, 9.17) is 11.6 Å². The van der Waals surface area contributed by atoms with Crippen molar-refractivity contribution in [3.63, 3.8) is 0 Å². The van der Waals surface area contributed by atoms with Gasteiger partial charge < -0.3 is 10.6 Å². The first-order valence-corrected chi connectivity index (χ1v) is 7.44. The first-order chi connectivity index (χ1) is 10.1. The molecule has 0 saturated carbocycles. The molecule has 0 saturated heterocycles. The summed E-state index contributed by atoms with van der Waals surface area (Å²) in [4.78, 5) is 12.2. The van der Waals surface area contributed by atoms with Gasteiger partial charge in [-0.25, -0.2) is 0 Å². The molecule has 0 aliphatic carbocycles. The number of nitrogens with one attached hydrogen (secondary N) is 2. The van der Waals surface area contributed by atoms with Crippen LogP contribution in [-0.4, -0.2) is 12.5 Å². The average Bonchev–Trinajstić information content (AvgIpc) is 2.95. The van der Waals surface area contributed by atoms with Crippen LogP contribution in [0.25, 0.3) is 0 Å². The minimum absolute atomic E-state index is 0. The Morgan fingerprint density at radius 3 is 2.68 bits per heavy atom. The zero-order valence-corrected chi connectivity index (χ0v) is 14.7. The lowest BCUT2D eigenvalue weighted by Gasteiger charge is -2.15. The van der Waals surface area contributed by atoms with Gasteiger partial charge in [0.2, 0.25) is 0 Å². The van der Waals surface area contributed by atoms with E-state index in [0.717, 1.165) is 18.5 Å². The van der Waals surface area contributed by atoms with E-state index in [2.05, 4.69) is 28.8 Å². The van der Waals surface area contributed by atoms with Crippen LogP contribution >= 0.6 is 28.6 Å². The fourth-order valence-electron chi connectivity index (χ4n) is 2.56. The zero-order valence-electron chi connectivity index (χ0n) is 12.2. The lowest BCUT2D eigenvalue weighted by molar-refractivity contribution is 0.0940. The quantitative estimate of drug-likeness (QED) is 0.828. The summed E-state index contributed by atoms with van der Waals surface area (Å²) >= 11 is 5.83. The summed E-state index contributed by atoms with van der Waals surface area (Å²) in [6.45, 7) is 2.99. The molecule has 3 rings (SSSR count). The molecule has 1 atom stereocenters. The van der Waals surface area contributed by atoms with Crippen LogP contribution in [0.5, 0.6) is 0 Å². The van der Waals surface area contributed by atoms with Gasteiger partial charge in [0.1, 0.15) is 0 Å². The number of halogens is 2. The van der Waals surface area contributed by atoms with Crippen molar-refractivity contribution in [1.29, 1.82) is 0 Å². The van der Waals surface area contributed by atoms with Gasteiger partial charge in [-0.1, -0.05) is 23.7 Å². The van der Waals surface area contributed by atoms with Crippen molar-refractivity contribution in [3.05, 3.63) is 64.2 Å². The molecule has 0 unspecified atom stereocenters. The summed E-state index contributed by atoms with van der Waals surface area (Å²) in [7, 11) is 0. The molecule has 22 heavy (non-hydrogen) atoms. The van der Waals surface area contributed by atoms with Gasteiger partial charge >= 0.3 is 0 Å². The Hall–Kier alpha value is -1.52. The second kappa shape index (κ2) is 7.16. The van der Waals surface area contributed by atoms with Gasteiger partial charge in [-0.3, -0.25) is 4.79 Å². The summed E-state index contributed by atoms with van der Waals surface area (Å²) in [6, 6.07) is 13.2. The van der Waals surface area contributed by atoms with Crippen molar-refractivity contribution in [2.45, 2.75) is 19.4 Å². The van der Waals surface area contributed by atoms with E-state index < -0.39 is 0 Å². The number of anilines is 1. The monoisotopic (exact) mass is 380 g/mol. The fraction of sp³-hybridized carbons (Fsp3) is 0.235. The molecule has 0 spiro atoms. The molecule has 2 aromatic carbocycles. The first-order valence-electron chi connectivity index (χ1n) is 7.06. The van der Waals surface area contributed by atoms with Crippen LogP contribution in [0.1, 0.15) is 34.5 Å². The molecule has 2 N–H and O–H groups in total. The largest absolute Gasteiger partial charge is 0.384 e. The van der Waals surface area contributed by atoms with Gasteiger partial charge in [0.15, 0.2) is 0 Å². The molecule has 1 aliphatic rings. The molecular weight excluding hydrogens is 364 g/mol. The van der Waals surface area contributed by atoms with Crippen molar-refractivity contribution in [2.24, 2.45) is 0 Å². The summed E-state index contributed by atoms with van der Waals surface area (Å²) < 4.78 is 0. The van der Waals surface area contributed by atoms with Crippen LogP contribution in [0.3, 0.4) is 0 Å². The van der Waals surface area contributed by atoms with Crippen molar-refractivity contribution >= 4 is 40.2 Å². The third-order valence-electron chi connectivity index (χ3n) is 3.79. The molecule has 1 aliphatic heterocycles. The number of carbonyl (C=O) groups excluding carboxylic acids is 1. The van der Waals surface area contributed by atoms with Gasteiger partial charge in [-0.15, -0.1) is 17.0 Å². The summed E-state index contributed by atoms with van der Waals surface area (Å²) in [5, 5.41) is 6.99. The van der Waals surface area contributed by atoms with Crippen molar-refractivity contribution in [1.82, 2.24) is 5.32 Å². The van der Waals surface area contributed by atoms with Crippen molar-refractivity contribution in [2.75, 3.05) is 11.9 Å². The number of hydrogen-bond acceptors (Lipinski definition) is 2. The third kappa shape index (κ3) is 3.62. The maximum absolute atomic E-state index is 12.2. The molecule has 0 fully saturated rings. The second-order valence-corrected chi connectivity index (χ2v) is 5.73. The van der Waals surface area contributed by atoms with Crippen LogP contribution in [0, 0.1) is 0 Å².